The van der Waals surface area contributed by atoms with Crippen LogP contribution in [0.15, 0.2) is 42.5 Å². The van der Waals surface area contributed by atoms with E-state index in [0.717, 1.165) is 0 Å². The van der Waals surface area contributed by atoms with Crippen molar-refractivity contribution in [1.29, 1.82) is 0 Å². The summed E-state index contributed by atoms with van der Waals surface area (Å²) in [6.45, 7) is 1.71. The molecule has 0 aliphatic heterocycles. The zero-order valence-corrected chi connectivity index (χ0v) is 14.0. The quantitative estimate of drug-likeness (QED) is 0.360. The number of aryl methyl sites for hydroxylation is 1. The second-order valence-corrected chi connectivity index (χ2v) is 5.72. The van der Waals surface area contributed by atoms with Crippen LogP contribution in [0.3, 0.4) is 0 Å². The van der Waals surface area contributed by atoms with E-state index in [0.29, 0.717) is 16.7 Å². The molecule has 0 radical (unpaired) electrons. The fourth-order valence-corrected chi connectivity index (χ4v) is 2.18. The number of rotatable bonds is 6. The minimum absolute atomic E-state index is 0.244. The average molecular weight is 354 g/mol. The molecule has 0 saturated carbocycles. The van der Waals surface area contributed by atoms with Gasteiger partial charge in [0.15, 0.2) is 34.6 Å². The predicted octanol–water partition coefficient (Wildman–Crippen LogP) is 3.07. The van der Waals surface area contributed by atoms with E-state index in [1.165, 1.54) is 54.6 Å². The lowest BCUT2D eigenvalue weighted by Gasteiger charge is -2.03. The Labute approximate surface area is 150 Å². The van der Waals surface area contributed by atoms with Crippen LogP contribution in [-0.2, 0) is 9.59 Å². The third-order valence-electron chi connectivity index (χ3n) is 3.62. The number of hydrogen-bond donors (Lipinski definition) is 4. The molecule has 6 heteroatoms. The highest BCUT2D eigenvalue weighted by Gasteiger charge is 2.06. The van der Waals surface area contributed by atoms with Crippen molar-refractivity contribution in [2.24, 2.45) is 0 Å². The van der Waals surface area contributed by atoms with E-state index < -0.39 is 11.6 Å². The molecule has 26 heavy (non-hydrogen) atoms. The summed E-state index contributed by atoms with van der Waals surface area (Å²) in [7, 11) is 0. The highest BCUT2D eigenvalue weighted by atomic mass is 16.3. The first-order valence-electron chi connectivity index (χ1n) is 7.72. The van der Waals surface area contributed by atoms with E-state index in [1.54, 1.807) is 6.92 Å². The van der Waals surface area contributed by atoms with Gasteiger partial charge in [-0.05, 0) is 60.0 Å². The number of ketones is 2. The van der Waals surface area contributed by atoms with Crippen molar-refractivity contribution < 1.29 is 30.0 Å². The van der Waals surface area contributed by atoms with E-state index in [4.69, 9.17) is 0 Å². The molecular weight excluding hydrogens is 336 g/mol. The molecule has 0 atom stereocenters. The second-order valence-electron chi connectivity index (χ2n) is 5.72. The number of aromatic hydroxyl groups is 4. The van der Waals surface area contributed by atoms with E-state index >= 15 is 0 Å². The molecule has 0 amide bonds. The van der Waals surface area contributed by atoms with Gasteiger partial charge in [0.1, 0.15) is 0 Å². The Kier molecular flexibility index (Phi) is 5.80. The van der Waals surface area contributed by atoms with Crippen LogP contribution >= 0.6 is 0 Å². The summed E-state index contributed by atoms with van der Waals surface area (Å²) in [4.78, 5) is 23.7. The summed E-state index contributed by atoms with van der Waals surface area (Å²) >= 11 is 0. The van der Waals surface area contributed by atoms with Gasteiger partial charge in [-0.1, -0.05) is 18.2 Å². The van der Waals surface area contributed by atoms with E-state index in [2.05, 4.69) is 0 Å². The van der Waals surface area contributed by atoms with Gasteiger partial charge in [-0.25, -0.2) is 0 Å². The molecule has 0 aromatic heterocycles. The third-order valence-corrected chi connectivity index (χ3v) is 3.62. The fourth-order valence-electron chi connectivity index (χ4n) is 2.18. The van der Waals surface area contributed by atoms with Crippen molar-refractivity contribution in [3.05, 3.63) is 59.2 Å². The first-order valence-corrected chi connectivity index (χ1v) is 7.72. The van der Waals surface area contributed by atoms with Crippen LogP contribution in [0.1, 0.15) is 23.1 Å². The highest BCUT2D eigenvalue weighted by Crippen LogP contribution is 2.28. The highest BCUT2D eigenvalue weighted by molar-refractivity contribution is 6.10. The Bertz CT molecular complexity index is 909. The van der Waals surface area contributed by atoms with Gasteiger partial charge in [0.25, 0.3) is 0 Å². The molecule has 134 valence electrons. The Morgan fingerprint density at radius 3 is 2.04 bits per heavy atom. The van der Waals surface area contributed by atoms with Crippen LogP contribution in [-0.4, -0.2) is 32.0 Å². The molecule has 2 aromatic rings. The standard InChI is InChI=1S/C20H18O6/c1-12-8-18(24)20(26)10-14(12)4-6-16(22)11-15(21)5-2-13-3-7-17(23)19(25)9-13/h2-10,23-26H,11H2,1H3/b5-2+,6-4+. The molecule has 4 N–H and O–H groups in total. The monoisotopic (exact) mass is 354 g/mol. The number of carbonyl (C=O) groups excluding carboxylic acids is 2. The van der Waals surface area contributed by atoms with Gasteiger partial charge in [0.05, 0.1) is 6.42 Å². The Balaban J connectivity index is 1.98. The summed E-state index contributed by atoms with van der Waals surface area (Å²) in [5.41, 5.74) is 1.73. The Hall–Kier alpha value is -3.54. The number of phenolic OH excluding ortho intramolecular Hbond substituents is 4. The molecule has 0 aliphatic carbocycles. The molecule has 0 bridgehead atoms. The average Bonchev–Trinajstić information content (AvgIpc) is 2.58. The smallest absolute Gasteiger partial charge is 0.163 e. The van der Waals surface area contributed by atoms with Crippen molar-refractivity contribution in [1.82, 2.24) is 0 Å². The molecule has 0 aliphatic rings. The number of benzene rings is 2. The van der Waals surface area contributed by atoms with Gasteiger partial charge in [0, 0.05) is 0 Å². The van der Waals surface area contributed by atoms with Crippen molar-refractivity contribution in [2.75, 3.05) is 0 Å². The van der Waals surface area contributed by atoms with Crippen LogP contribution in [0, 0.1) is 6.92 Å². The minimum Gasteiger partial charge on any atom is -0.504 e. The van der Waals surface area contributed by atoms with Gasteiger partial charge in [0.2, 0.25) is 0 Å². The van der Waals surface area contributed by atoms with E-state index in [9.17, 15) is 30.0 Å². The lowest BCUT2D eigenvalue weighted by Crippen LogP contribution is -2.02. The lowest BCUT2D eigenvalue weighted by molar-refractivity contribution is -0.121. The summed E-state index contributed by atoms with van der Waals surface area (Å²) < 4.78 is 0. The van der Waals surface area contributed by atoms with Gasteiger partial charge in [-0.15, -0.1) is 0 Å². The van der Waals surface area contributed by atoms with Crippen molar-refractivity contribution in [3.8, 4) is 23.0 Å². The van der Waals surface area contributed by atoms with Gasteiger partial charge < -0.3 is 20.4 Å². The maximum atomic E-state index is 11.9. The van der Waals surface area contributed by atoms with Crippen molar-refractivity contribution >= 4 is 23.7 Å². The van der Waals surface area contributed by atoms with Crippen LogP contribution in [0.25, 0.3) is 12.2 Å². The van der Waals surface area contributed by atoms with Gasteiger partial charge in [-0.3, -0.25) is 9.59 Å². The molecule has 2 rings (SSSR count). The molecular formula is C20H18O6. The summed E-state index contributed by atoms with van der Waals surface area (Å²) in [5, 5.41) is 37.5. The molecule has 0 heterocycles. The van der Waals surface area contributed by atoms with Crippen molar-refractivity contribution in [2.45, 2.75) is 13.3 Å². The normalized spacial score (nSPS) is 11.3. The Morgan fingerprint density at radius 1 is 0.808 bits per heavy atom. The number of hydrogen-bond acceptors (Lipinski definition) is 6. The first-order chi connectivity index (χ1) is 12.3. The largest absolute Gasteiger partial charge is 0.504 e. The van der Waals surface area contributed by atoms with Crippen LogP contribution in [0.4, 0.5) is 0 Å². The second kappa shape index (κ2) is 8.02. The van der Waals surface area contributed by atoms with Crippen LogP contribution in [0.2, 0.25) is 0 Å². The summed E-state index contributed by atoms with van der Waals surface area (Å²) in [5.74, 6) is -1.93. The first kappa shape index (κ1) is 18.8. The third kappa shape index (κ3) is 4.98. The number of phenols is 4. The molecule has 2 aromatic carbocycles. The van der Waals surface area contributed by atoms with Crippen molar-refractivity contribution in [3.63, 3.8) is 0 Å². The fraction of sp³-hybridized carbons (Fsp3) is 0.100. The van der Waals surface area contributed by atoms with Crippen LogP contribution in [0.5, 0.6) is 23.0 Å². The van der Waals surface area contributed by atoms with Gasteiger partial charge in [-0.2, -0.15) is 0 Å². The summed E-state index contributed by atoms with van der Waals surface area (Å²) in [6.07, 6.45) is 5.01. The predicted molar refractivity (Wildman–Crippen MR) is 97.0 cm³/mol. The topological polar surface area (TPSA) is 115 Å². The summed E-state index contributed by atoms with van der Waals surface area (Å²) in [6, 6.07) is 6.80. The molecule has 6 nitrogen and oxygen atoms in total. The minimum atomic E-state index is -0.419. The zero-order valence-electron chi connectivity index (χ0n) is 14.0. The number of carbonyl (C=O) groups is 2. The lowest BCUT2D eigenvalue weighted by atomic mass is 10.1. The SMILES string of the molecule is Cc1cc(O)c(O)cc1/C=C/C(=O)CC(=O)/C=C/c1ccc(O)c(O)c1. The maximum absolute atomic E-state index is 11.9. The molecule has 0 spiro atoms. The van der Waals surface area contributed by atoms with Gasteiger partial charge >= 0.3 is 0 Å². The molecule has 0 fully saturated rings. The maximum Gasteiger partial charge on any atom is 0.163 e. The zero-order chi connectivity index (χ0) is 19.3. The van der Waals surface area contributed by atoms with E-state index in [1.807, 2.05) is 0 Å². The van der Waals surface area contributed by atoms with Crippen LogP contribution < -0.4 is 0 Å². The number of allylic oxidation sites excluding steroid dienone is 2. The van der Waals surface area contributed by atoms with E-state index in [-0.39, 0.29) is 29.4 Å². The Morgan fingerprint density at radius 2 is 1.38 bits per heavy atom. The molecule has 0 saturated heterocycles. The molecule has 0 unspecified atom stereocenters.